The molecule has 1 saturated carbocycles. The predicted molar refractivity (Wildman–Crippen MR) is 60.5 cm³/mol. The van der Waals surface area contributed by atoms with Crippen LogP contribution in [0.15, 0.2) is 0 Å². The van der Waals surface area contributed by atoms with E-state index in [1.54, 1.807) is 0 Å². The van der Waals surface area contributed by atoms with Crippen LogP contribution >= 0.6 is 0 Å². The van der Waals surface area contributed by atoms with Crippen molar-refractivity contribution in [2.45, 2.75) is 64.6 Å². The van der Waals surface area contributed by atoms with E-state index in [0.29, 0.717) is 18.2 Å². The van der Waals surface area contributed by atoms with Crippen LogP contribution in [0.5, 0.6) is 0 Å². The molecule has 0 aromatic heterocycles. The normalized spacial score (nSPS) is 29.8. The SMILES string of the molecule is COC1CCC(NC(C)CC(C)C)C1. The second-order valence-electron chi connectivity index (χ2n) is 5.06. The molecular weight excluding hydrogens is 174 g/mol. The van der Waals surface area contributed by atoms with Crippen molar-refractivity contribution >= 4 is 0 Å². The third-order valence-electron chi connectivity index (χ3n) is 3.06. The van der Waals surface area contributed by atoms with Crippen LogP contribution in [-0.4, -0.2) is 25.3 Å². The van der Waals surface area contributed by atoms with Gasteiger partial charge in [-0.1, -0.05) is 13.8 Å². The molecule has 0 aromatic rings. The molecule has 1 N–H and O–H groups in total. The predicted octanol–water partition coefficient (Wildman–Crippen LogP) is 2.58. The van der Waals surface area contributed by atoms with Crippen LogP contribution in [-0.2, 0) is 4.74 Å². The van der Waals surface area contributed by atoms with Crippen LogP contribution < -0.4 is 5.32 Å². The van der Waals surface area contributed by atoms with Crippen molar-refractivity contribution in [1.82, 2.24) is 5.32 Å². The smallest absolute Gasteiger partial charge is 0.0586 e. The molecule has 0 amide bonds. The molecule has 1 aliphatic carbocycles. The molecule has 2 heteroatoms. The molecule has 3 atom stereocenters. The van der Waals surface area contributed by atoms with Crippen molar-refractivity contribution in [1.29, 1.82) is 0 Å². The van der Waals surface area contributed by atoms with Gasteiger partial charge < -0.3 is 10.1 Å². The minimum absolute atomic E-state index is 0.499. The van der Waals surface area contributed by atoms with E-state index in [-0.39, 0.29) is 0 Å². The van der Waals surface area contributed by atoms with Crippen LogP contribution in [0.4, 0.5) is 0 Å². The van der Waals surface area contributed by atoms with E-state index < -0.39 is 0 Å². The van der Waals surface area contributed by atoms with Crippen LogP contribution in [0.2, 0.25) is 0 Å². The van der Waals surface area contributed by atoms with Gasteiger partial charge >= 0.3 is 0 Å². The van der Waals surface area contributed by atoms with Gasteiger partial charge in [-0.15, -0.1) is 0 Å². The summed E-state index contributed by atoms with van der Waals surface area (Å²) in [7, 11) is 1.82. The lowest BCUT2D eigenvalue weighted by atomic mass is 10.0. The average Bonchev–Trinajstić information content (AvgIpc) is 2.50. The Bertz CT molecular complexity index is 158. The van der Waals surface area contributed by atoms with E-state index >= 15 is 0 Å². The molecule has 84 valence electrons. The van der Waals surface area contributed by atoms with Gasteiger partial charge in [0.1, 0.15) is 0 Å². The number of ether oxygens (including phenoxy) is 1. The van der Waals surface area contributed by atoms with E-state index in [0.717, 1.165) is 5.92 Å². The fraction of sp³-hybridized carbons (Fsp3) is 1.00. The Morgan fingerprint density at radius 1 is 1.29 bits per heavy atom. The van der Waals surface area contributed by atoms with Gasteiger partial charge in [-0.2, -0.15) is 0 Å². The third-order valence-corrected chi connectivity index (χ3v) is 3.06. The van der Waals surface area contributed by atoms with Gasteiger partial charge in [0.25, 0.3) is 0 Å². The fourth-order valence-corrected chi connectivity index (χ4v) is 2.48. The van der Waals surface area contributed by atoms with Gasteiger partial charge in [-0.3, -0.25) is 0 Å². The number of rotatable bonds is 5. The molecule has 1 rings (SSSR count). The van der Waals surface area contributed by atoms with Gasteiger partial charge in [0.15, 0.2) is 0 Å². The standard InChI is InChI=1S/C12H25NO/c1-9(2)7-10(3)13-11-5-6-12(8-11)14-4/h9-13H,5-8H2,1-4H3. The molecule has 14 heavy (non-hydrogen) atoms. The lowest BCUT2D eigenvalue weighted by Gasteiger charge is -2.20. The highest BCUT2D eigenvalue weighted by atomic mass is 16.5. The van der Waals surface area contributed by atoms with Crippen molar-refractivity contribution < 1.29 is 4.74 Å². The summed E-state index contributed by atoms with van der Waals surface area (Å²) in [6.07, 6.45) is 5.47. The molecule has 0 bridgehead atoms. The van der Waals surface area contributed by atoms with Gasteiger partial charge in [0, 0.05) is 19.2 Å². The maximum atomic E-state index is 5.36. The summed E-state index contributed by atoms with van der Waals surface area (Å²) < 4.78 is 5.36. The summed E-state index contributed by atoms with van der Waals surface area (Å²) in [5.41, 5.74) is 0. The number of hydrogen-bond acceptors (Lipinski definition) is 2. The Morgan fingerprint density at radius 2 is 2.00 bits per heavy atom. The first-order valence-electron chi connectivity index (χ1n) is 5.90. The maximum absolute atomic E-state index is 5.36. The first-order valence-corrected chi connectivity index (χ1v) is 5.90. The lowest BCUT2D eigenvalue weighted by molar-refractivity contribution is 0.106. The second kappa shape index (κ2) is 5.72. The lowest BCUT2D eigenvalue weighted by Crippen LogP contribution is -2.36. The van der Waals surface area contributed by atoms with E-state index in [1.165, 1.54) is 25.7 Å². The molecule has 0 spiro atoms. The van der Waals surface area contributed by atoms with Gasteiger partial charge in [-0.25, -0.2) is 0 Å². The van der Waals surface area contributed by atoms with Gasteiger partial charge in [0.05, 0.1) is 6.10 Å². The van der Waals surface area contributed by atoms with Crippen LogP contribution in [0.1, 0.15) is 46.5 Å². The molecule has 1 fully saturated rings. The van der Waals surface area contributed by atoms with Crippen molar-refractivity contribution in [3.63, 3.8) is 0 Å². The van der Waals surface area contributed by atoms with Crippen LogP contribution in [0.25, 0.3) is 0 Å². The zero-order valence-electron chi connectivity index (χ0n) is 10.0. The largest absolute Gasteiger partial charge is 0.381 e. The zero-order valence-corrected chi connectivity index (χ0v) is 10.0. The number of hydrogen-bond donors (Lipinski definition) is 1. The summed E-state index contributed by atoms with van der Waals surface area (Å²) in [5.74, 6) is 0.789. The van der Waals surface area contributed by atoms with Crippen molar-refractivity contribution in [3.05, 3.63) is 0 Å². The number of nitrogens with one attached hydrogen (secondary N) is 1. The molecule has 3 unspecified atom stereocenters. The van der Waals surface area contributed by atoms with Gasteiger partial charge in [-0.05, 0) is 38.5 Å². The van der Waals surface area contributed by atoms with E-state index in [2.05, 4.69) is 26.1 Å². The minimum atomic E-state index is 0.499. The fourth-order valence-electron chi connectivity index (χ4n) is 2.48. The molecule has 2 nitrogen and oxygen atoms in total. The summed E-state index contributed by atoms with van der Waals surface area (Å²) in [6.45, 7) is 6.86. The zero-order chi connectivity index (χ0) is 10.6. The summed E-state index contributed by atoms with van der Waals surface area (Å²) >= 11 is 0. The van der Waals surface area contributed by atoms with Crippen molar-refractivity contribution in [3.8, 4) is 0 Å². The Morgan fingerprint density at radius 3 is 2.50 bits per heavy atom. The Balaban J connectivity index is 2.18. The highest BCUT2D eigenvalue weighted by molar-refractivity contribution is 4.83. The first-order chi connectivity index (χ1) is 6.61. The second-order valence-corrected chi connectivity index (χ2v) is 5.06. The Labute approximate surface area is 88.4 Å². The topological polar surface area (TPSA) is 21.3 Å². The van der Waals surface area contributed by atoms with Gasteiger partial charge in [0.2, 0.25) is 0 Å². The minimum Gasteiger partial charge on any atom is -0.381 e. The Hall–Kier alpha value is -0.0800. The first kappa shape index (κ1) is 12.0. The van der Waals surface area contributed by atoms with E-state index in [1.807, 2.05) is 7.11 Å². The summed E-state index contributed by atoms with van der Waals surface area (Å²) in [5, 5.41) is 3.69. The van der Waals surface area contributed by atoms with Crippen molar-refractivity contribution in [2.75, 3.05) is 7.11 Å². The monoisotopic (exact) mass is 199 g/mol. The summed E-state index contributed by atoms with van der Waals surface area (Å²) in [6, 6.07) is 1.34. The maximum Gasteiger partial charge on any atom is 0.0586 e. The molecule has 0 aromatic carbocycles. The third kappa shape index (κ3) is 3.97. The molecule has 0 radical (unpaired) electrons. The molecule has 0 aliphatic heterocycles. The van der Waals surface area contributed by atoms with Crippen LogP contribution in [0.3, 0.4) is 0 Å². The van der Waals surface area contributed by atoms with E-state index in [9.17, 15) is 0 Å². The molecular formula is C12H25NO. The highest BCUT2D eigenvalue weighted by Gasteiger charge is 2.25. The molecule has 1 aliphatic rings. The Kier molecular flexibility index (Phi) is 4.90. The molecule has 0 heterocycles. The highest BCUT2D eigenvalue weighted by Crippen LogP contribution is 2.22. The van der Waals surface area contributed by atoms with Crippen molar-refractivity contribution in [2.24, 2.45) is 5.92 Å². The molecule has 0 saturated heterocycles. The van der Waals surface area contributed by atoms with E-state index in [4.69, 9.17) is 4.74 Å². The average molecular weight is 199 g/mol. The number of methoxy groups -OCH3 is 1. The van der Waals surface area contributed by atoms with Crippen LogP contribution in [0, 0.1) is 5.92 Å². The quantitative estimate of drug-likeness (QED) is 0.735. The summed E-state index contributed by atoms with van der Waals surface area (Å²) in [4.78, 5) is 0.